The largest absolute Gasteiger partial charge is 0.320 e. The van der Waals surface area contributed by atoms with Crippen LogP contribution in [0.5, 0.6) is 0 Å². The lowest BCUT2D eigenvalue weighted by atomic mass is 9.96. The Kier molecular flexibility index (Phi) is 2.92. The van der Waals surface area contributed by atoms with Gasteiger partial charge in [0.25, 0.3) is 0 Å². The lowest BCUT2D eigenvalue weighted by Gasteiger charge is -2.22. The molecule has 0 saturated carbocycles. The van der Waals surface area contributed by atoms with Crippen molar-refractivity contribution in [2.45, 2.75) is 25.8 Å². The Bertz CT molecular complexity index is 226. The van der Waals surface area contributed by atoms with Crippen LogP contribution in [-0.2, 0) is 6.54 Å². The van der Waals surface area contributed by atoms with Crippen LogP contribution < -0.4 is 5.32 Å². The lowest BCUT2D eigenvalue weighted by molar-refractivity contribution is 0.341. The van der Waals surface area contributed by atoms with Crippen LogP contribution in [0.25, 0.3) is 0 Å². The van der Waals surface area contributed by atoms with Crippen LogP contribution in [0, 0.1) is 5.92 Å². The summed E-state index contributed by atoms with van der Waals surface area (Å²) in [6, 6.07) is 0. The highest BCUT2D eigenvalue weighted by atomic mass is 15.2. The Labute approximate surface area is 78.4 Å². The fourth-order valence-corrected chi connectivity index (χ4v) is 1.84. The van der Waals surface area contributed by atoms with E-state index in [1.807, 2.05) is 0 Å². The number of piperidine rings is 1. The summed E-state index contributed by atoms with van der Waals surface area (Å²) in [4.78, 5) is 0. The van der Waals surface area contributed by atoms with Crippen LogP contribution in [-0.4, -0.2) is 27.9 Å². The zero-order chi connectivity index (χ0) is 8.93. The van der Waals surface area contributed by atoms with E-state index < -0.39 is 0 Å². The maximum atomic E-state index is 3.78. The second kappa shape index (κ2) is 4.37. The molecule has 0 bridgehead atoms. The Morgan fingerprint density at radius 2 is 2.23 bits per heavy atom. The van der Waals surface area contributed by atoms with Crippen molar-refractivity contribution in [1.82, 2.24) is 20.1 Å². The summed E-state index contributed by atoms with van der Waals surface area (Å²) in [5, 5.41) is 11.0. The third-order valence-corrected chi connectivity index (χ3v) is 2.66. The second-order valence-corrected chi connectivity index (χ2v) is 3.70. The number of rotatable bonds is 3. The zero-order valence-electron chi connectivity index (χ0n) is 7.82. The van der Waals surface area contributed by atoms with Crippen LogP contribution >= 0.6 is 0 Å². The van der Waals surface area contributed by atoms with Gasteiger partial charge in [0.1, 0.15) is 12.7 Å². The van der Waals surface area contributed by atoms with Crippen molar-refractivity contribution in [3.05, 3.63) is 12.7 Å². The predicted octanol–water partition coefficient (Wildman–Crippen LogP) is 0.668. The van der Waals surface area contributed by atoms with Gasteiger partial charge in [0.2, 0.25) is 0 Å². The summed E-state index contributed by atoms with van der Waals surface area (Å²) in [7, 11) is 0. The van der Waals surface area contributed by atoms with Gasteiger partial charge in [-0.2, -0.15) is 0 Å². The molecule has 13 heavy (non-hydrogen) atoms. The van der Waals surface area contributed by atoms with Crippen LogP contribution in [0.1, 0.15) is 19.3 Å². The van der Waals surface area contributed by atoms with E-state index in [9.17, 15) is 0 Å². The second-order valence-electron chi connectivity index (χ2n) is 3.70. The molecule has 2 heterocycles. The topological polar surface area (TPSA) is 42.7 Å². The Morgan fingerprint density at radius 1 is 1.38 bits per heavy atom. The molecule has 1 aliphatic heterocycles. The van der Waals surface area contributed by atoms with E-state index in [4.69, 9.17) is 0 Å². The van der Waals surface area contributed by atoms with Crippen molar-refractivity contribution in [3.63, 3.8) is 0 Å². The molecule has 4 heteroatoms. The molecule has 72 valence electrons. The molecule has 1 aromatic rings. The van der Waals surface area contributed by atoms with Gasteiger partial charge in [-0.3, -0.25) is 0 Å². The summed E-state index contributed by atoms with van der Waals surface area (Å²) < 4.78 is 2.05. The number of aryl methyl sites for hydroxylation is 1. The van der Waals surface area contributed by atoms with Crippen LogP contribution in [0.15, 0.2) is 12.7 Å². The minimum Gasteiger partial charge on any atom is -0.320 e. The van der Waals surface area contributed by atoms with E-state index in [1.54, 1.807) is 12.7 Å². The molecule has 1 aromatic heterocycles. The molecule has 0 aromatic carbocycles. The average molecular weight is 180 g/mol. The molecule has 1 fully saturated rings. The zero-order valence-corrected chi connectivity index (χ0v) is 7.82. The van der Waals surface area contributed by atoms with Gasteiger partial charge in [-0.15, -0.1) is 10.2 Å². The normalized spacial score (nSPS) is 23.2. The monoisotopic (exact) mass is 180 g/mol. The molecule has 0 amide bonds. The number of hydrogen-bond acceptors (Lipinski definition) is 3. The highest BCUT2D eigenvalue weighted by Gasteiger charge is 2.12. The quantitative estimate of drug-likeness (QED) is 0.743. The van der Waals surface area contributed by atoms with Gasteiger partial charge >= 0.3 is 0 Å². The molecular weight excluding hydrogens is 164 g/mol. The van der Waals surface area contributed by atoms with Crippen molar-refractivity contribution in [1.29, 1.82) is 0 Å². The molecule has 0 radical (unpaired) electrons. The number of hydrogen-bond donors (Lipinski definition) is 1. The molecule has 0 spiro atoms. The first-order valence-electron chi connectivity index (χ1n) is 4.98. The van der Waals surface area contributed by atoms with Crippen LogP contribution in [0.2, 0.25) is 0 Å². The molecule has 0 aliphatic carbocycles. The SMILES string of the molecule is c1nncn1CCC1CCCNC1. The maximum absolute atomic E-state index is 3.78. The Hall–Kier alpha value is -0.900. The highest BCUT2D eigenvalue weighted by Crippen LogP contribution is 2.14. The Morgan fingerprint density at radius 3 is 2.92 bits per heavy atom. The first-order chi connectivity index (χ1) is 6.45. The van der Waals surface area contributed by atoms with Crippen LogP contribution in [0.3, 0.4) is 0 Å². The van der Waals surface area contributed by atoms with Crippen molar-refractivity contribution in [2.24, 2.45) is 5.92 Å². The Balaban J connectivity index is 1.72. The molecule has 1 atom stereocenters. The van der Waals surface area contributed by atoms with Crippen molar-refractivity contribution in [3.8, 4) is 0 Å². The van der Waals surface area contributed by atoms with Gasteiger partial charge in [0.15, 0.2) is 0 Å². The van der Waals surface area contributed by atoms with E-state index in [0.717, 1.165) is 12.5 Å². The summed E-state index contributed by atoms with van der Waals surface area (Å²) in [6.07, 6.45) is 7.51. The molecule has 1 N–H and O–H groups in total. The van der Waals surface area contributed by atoms with Gasteiger partial charge in [-0.25, -0.2) is 0 Å². The van der Waals surface area contributed by atoms with Crippen molar-refractivity contribution < 1.29 is 0 Å². The van der Waals surface area contributed by atoms with E-state index in [2.05, 4.69) is 20.1 Å². The smallest absolute Gasteiger partial charge is 0.119 e. The molecule has 2 rings (SSSR count). The van der Waals surface area contributed by atoms with Gasteiger partial charge < -0.3 is 9.88 Å². The van der Waals surface area contributed by atoms with Gasteiger partial charge in [-0.05, 0) is 38.3 Å². The van der Waals surface area contributed by atoms with Crippen molar-refractivity contribution in [2.75, 3.05) is 13.1 Å². The third-order valence-electron chi connectivity index (χ3n) is 2.66. The van der Waals surface area contributed by atoms with E-state index in [-0.39, 0.29) is 0 Å². The number of nitrogens with one attached hydrogen (secondary N) is 1. The number of nitrogens with zero attached hydrogens (tertiary/aromatic N) is 3. The van der Waals surface area contributed by atoms with E-state index in [0.29, 0.717) is 0 Å². The summed E-state index contributed by atoms with van der Waals surface area (Å²) >= 11 is 0. The standard InChI is InChI=1S/C9H16N4/c1-2-9(6-10-4-1)3-5-13-7-11-12-8-13/h7-10H,1-6H2. The fourth-order valence-electron chi connectivity index (χ4n) is 1.84. The van der Waals surface area contributed by atoms with Crippen LogP contribution in [0.4, 0.5) is 0 Å². The first-order valence-corrected chi connectivity index (χ1v) is 4.98. The van der Waals surface area contributed by atoms with E-state index >= 15 is 0 Å². The van der Waals surface area contributed by atoms with Gasteiger partial charge in [-0.1, -0.05) is 0 Å². The molecule has 1 saturated heterocycles. The molecule has 1 aliphatic rings. The minimum atomic E-state index is 0.844. The minimum absolute atomic E-state index is 0.844. The fraction of sp³-hybridized carbons (Fsp3) is 0.778. The summed E-state index contributed by atoms with van der Waals surface area (Å²) in [5.41, 5.74) is 0. The first kappa shape index (κ1) is 8.69. The predicted molar refractivity (Wildman–Crippen MR) is 50.2 cm³/mol. The van der Waals surface area contributed by atoms with Crippen molar-refractivity contribution >= 4 is 0 Å². The van der Waals surface area contributed by atoms with Gasteiger partial charge in [0, 0.05) is 6.54 Å². The summed E-state index contributed by atoms with van der Waals surface area (Å²) in [5.74, 6) is 0.844. The number of aromatic nitrogens is 3. The molecular formula is C9H16N4. The molecule has 4 nitrogen and oxygen atoms in total. The summed E-state index contributed by atoms with van der Waals surface area (Å²) in [6.45, 7) is 3.44. The molecule has 1 unspecified atom stereocenters. The maximum Gasteiger partial charge on any atom is 0.119 e. The van der Waals surface area contributed by atoms with Gasteiger partial charge in [0.05, 0.1) is 0 Å². The van der Waals surface area contributed by atoms with E-state index in [1.165, 1.54) is 32.4 Å². The highest BCUT2D eigenvalue weighted by molar-refractivity contribution is 4.70. The third kappa shape index (κ3) is 2.52. The lowest BCUT2D eigenvalue weighted by Crippen LogP contribution is -2.30. The average Bonchev–Trinajstić information content (AvgIpc) is 2.69.